The quantitative estimate of drug-likeness (QED) is 0.257. The second-order valence-corrected chi connectivity index (χ2v) is 9.43. The summed E-state index contributed by atoms with van der Waals surface area (Å²) in [6.45, 7) is 0.462. The number of fused-ring (bicyclic) bond motifs is 1. The van der Waals surface area contributed by atoms with Gasteiger partial charge in [0.15, 0.2) is 5.82 Å². The van der Waals surface area contributed by atoms with Gasteiger partial charge in [-0.3, -0.25) is 9.78 Å². The molecular formula is C31H28N6O2. The van der Waals surface area contributed by atoms with Gasteiger partial charge in [0.1, 0.15) is 17.3 Å². The summed E-state index contributed by atoms with van der Waals surface area (Å²) in [7, 11) is 0. The van der Waals surface area contributed by atoms with Crippen molar-refractivity contribution in [1.29, 1.82) is 0 Å². The lowest BCUT2D eigenvalue weighted by molar-refractivity contribution is 0.0929. The Morgan fingerprint density at radius 1 is 0.923 bits per heavy atom. The second kappa shape index (κ2) is 11.2. The number of benzene rings is 2. The molecule has 4 aromatic heterocycles. The number of nitrogens with zero attached hydrogens (tertiary/aromatic N) is 4. The number of hydrogen-bond acceptors (Lipinski definition) is 5. The molecule has 2 N–H and O–H groups in total. The number of carbonyl (C=O) groups is 1. The first-order valence-electron chi connectivity index (χ1n) is 13.0. The van der Waals surface area contributed by atoms with Gasteiger partial charge in [-0.15, -0.1) is 10.2 Å². The first-order valence-corrected chi connectivity index (χ1v) is 13.0. The van der Waals surface area contributed by atoms with Crippen molar-refractivity contribution in [3.8, 4) is 0 Å². The predicted octanol–water partition coefficient (Wildman–Crippen LogP) is 5.29. The zero-order valence-corrected chi connectivity index (χ0v) is 21.3. The fraction of sp³-hybridized carbons (Fsp3) is 0.161. The third-order valence-corrected chi connectivity index (χ3v) is 6.84. The monoisotopic (exact) mass is 516 g/mol. The van der Waals surface area contributed by atoms with E-state index in [4.69, 9.17) is 4.42 Å². The molecule has 0 radical (unpaired) electrons. The minimum Gasteiger partial charge on any atom is -0.467 e. The van der Waals surface area contributed by atoms with Crippen molar-refractivity contribution in [1.82, 2.24) is 30.0 Å². The molecule has 0 unspecified atom stereocenters. The number of pyridine rings is 1. The molecule has 0 aliphatic carbocycles. The molecule has 8 heteroatoms. The third kappa shape index (κ3) is 5.50. The molecule has 0 spiro atoms. The van der Waals surface area contributed by atoms with E-state index in [0.29, 0.717) is 30.9 Å². The predicted molar refractivity (Wildman–Crippen MR) is 148 cm³/mol. The second-order valence-electron chi connectivity index (χ2n) is 9.43. The normalized spacial score (nSPS) is 12.0. The van der Waals surface area contributed by atoms with Gasteiger partial charge in [0.05, 0.1) is 18.8 Å². The smallest absolute Gasteiger partial charge is 0.270 e. The number of aromatic nitrogens is 5. The molecule has 6 rings (SSSR count). The Bertz CT molecular complexity index is 1660. The van der Waals surface area contributed by atoms with E-state index in [1.165, 1.54) is 5.56 Å². The maximum atomic E-state index is 13.3. The highest BCUT2D eigenvalue weighted by Crippen LogP contribution is 2.26. The van der Waals surface area contributed by atoms with Gasteiger partial charge in [0.2, 0.25) is 0 Å². The molecule has 0 bridgehead atoms. The van der Waals surface area contributed by atoms with E-state index >= 15 is 0 Å². The van der Waals surface area contributed by atoms with E-state index < -0.39 is 6.04 Å². The molecule has 1 atom stereocenters. The minimum absolute atomic E-state index is 0.265. The summed E-state index contributed by atoms with van der Waals surface area (Å²) in [4.78, 5) is 20.9. The van der Waals surface area contributed by atoms with Crippen LogP contribution in [-0.4, -0.2) is 30.6 Å². The van der Waals surface area contributed by atoms with Crippen molar-refractivity contribution < 1.29 is 9.21 Å². The van der Waals surface area contributed by atoms with Crippen molar-refractivity contribution in [3.05, 3.63) is 138 Å². The van der Waals surface area contributed by atoms with Crippen molar-refractivity contribution in [3.63, 3.8) is 0 Å². The lowest BCUT2D eigenvalue weighted by Gasteiger charge is -2.20. The number of furan rings is 1. The Kier molecular flexibility index (Phi) is 6.99. The number of carbonyl (C=O) groups excluding carboxylic acids is 1. The van der Waals surface area contributed by atoms with Crippen LogP contribution in [0.25, 0.3) is 10.9 Å². The largest absolute Gasteiger partial charge is 0.467 e. The molecule has 1 amide bonds. The maximum Gasteiger partial charge on any atom is 0.270 e. The molecule has 0 saturated carbocycles. The van der Waals surface area contributed by atoms with E-state index in [9.17, 15) is 4.79 Å². The fourth-order valence-electron chi connectivity index (χ4n) is 4.88. The molecule has 4 heterocycles. The number of para-hydroxylation sites is 1. The summed E-state index contributed by atoms with van der Waals surface area (Å²) in [5.41, 5.74) is 3.70. The molecule has 194 valence electrons. The fourth-order valence-corrected chi connectivity index (χ4v) is 4.88. The van der Waals surface area contributed by atoms with Gasteiger partial charge in [-0.1, -0.05) is 54.6 Å². The molecule has 39 heavy (non-hydrogen) atoms. The zero-order valence-electron chi connectivity index (χ0n) is 21.3. The van der Waals surface area contributed by atoms with Crippen LogP contribution in [0, 0.1) is 0 Å². The van der Waals surface area contributed by atoms with Crippen LogP contribution in [0.2, 0.25) is 0 Å². The van der Waals surface area contributed by atoms with Gasteiger partial charge in [-0.2, -0.15) is 0 Å². The van der Waals surface area contributed by atoms with E-state index in [-0.39, 0.29) is 5.91 Å². The van der Waals surface area contributed by atoms with Crippen LogP contribution in [0.1, 0.15) is 45.1 Å². The number of rotatable bonds is 10. The zero-order chi connectivity index (χ0) is 26.4. The Morgan fingerprint density at radius 3 is 2.59 bits per heavy atom. The Labute approximate surface area is 225 Å². The molecule has 2 aromatic carbocycles. The van der Waals surface area contributed by atoms with E-state index in [1.54, 1.807) is 30.7 Å². The van der Waals surface area contributed by atoms with Crippen LogP contribution < -0.4 is 5.32 Å². The van der Waals surface area contributed by atoms with Crippen molar-refractivity contribution in [2.24, 2.45) is 0 Å². The standard InChI is InChI=1S/C31H28N6O2/c38-31(27-14-6-7-17-32-27)34-28(19-23-20-33-26-13-5-4-12-25(23)26)30-36-35-29(16-15-22-9-2-1-3-10-22)37(30)21-24-11-8-18-39-24/h1-14,17-18,20,28,33H,15-16,19,21H2,(H,34,38)/t28-/m1/s1. The number of aryl methyl sites for hydroxylation is 2. The SMILES string of the molecule is O=C(N[C@H](Cc1c[nH]c2ccccc12)c1nnc(CCc2ccccc2)n1Cc1ccco1)c1ccccn1. The summed E-state index contributed by atoms with van der Waals surface area (Å²) in [5.74, 6) is 2.03. The Balaban J connectivity index is 1.37. The number of nitrogens with one attached hydrogen (secondary N) is 2. The van der Waals surface area contributed by atoms with E-state index in [1.807, 2.05) is 54.7 Å². The summed E-state index contributed by atoms with van der Waals surface area (Å²) < 4.78 is 7.76. The number of H-pyrrole nitrogens is 1. The van der Waals surface area contributed by atoms with Crippen LogP contribution in [0.15, 0.2) is 108 Å². The number of amides is 1. The lowest BCUT2D eigenvalue weighted by atomic mass is 10.0. The van der Waals surface area contributed by atoms with E-state index in [0.717, 1.165) is 34.5 Å². The maximum absolute atomic E-state index is 13.3. The van der Waals surface area contributed by atoms with Gasteiger partial charge >= 0.3 is 0 Å². The molecule has 0 fully saturated rings. The number of aromatic amines is 1. The lowest BCUT2D eigenvalue weighted by Crippen LogP contribution is -2.33. The van der Waals surface area contributed by atoms with Crippen molar-refractivity contribution >= 4 is 16.8 Å². The van der Waals surface area contributed by atoms with Crippen LogP contribution in [0.4, 0.5) is 0 Å². The average Bonchev–Trinajstić information content (AvgIpc) is 3.74. The summed E-state index contributed by atoms with van der Waals surface area (Å²) in [5, 5.41) is 13.5. The topological polar surface area (TPSA) is 102 Å². The number of hydrogen-bond donors (Lipinski definition) is 2. The summed E-state index contributed by atoms with van der Waals surface area (Å²) in [6, 6.07) is 27.1. The Hall–Kier alpha value is -4.98. The molecular weight excluding hydrogens is 488 g/mol. The molecule has 6 aromatic rings. The van der Waals surface area contributed by atoms with Gasteiger partial charge in [0, 0.05) is 36.1 Å². The highest BCUT2D eigenvalue weighted by Gasteiger charge is 2.26. The summed E-state index contributed by atoms with van der Waals surface area (Å²) >= 11 is 0. The summed E-state index contributed by atoms with van der Waals surface area (Å²) in [6.07, 6.45) is 7.32. The minimum atomic E-state index is -0.452. The molecule has 0 aliphatic heterocycles. The first-order chi connectivity index (χ1) is 19.2. The van der Waals surface area contributed by atoms with Gasteiger partial charge in [0.25, 0.3) is 5.91 Å². The van der Waals surface area contributed by atoms with Crippen molar-refractivity contribution in [2.75, 3.05) is 0 Å². The van der Waals surface area contributed by atoms with Crippen molar-refractivity contribution in [2.45, 2.75) is 31.8 Å². The highest BCUT2D eigenvalue weighted by molar-refractivity contribution is 5.92. The Morgan fingerprint density at radius 2 is 1.77 bits per heavy atom. The third-order valence-electron chi connectivity index (χ3n) is 6.84. The van der Waals surface area contributed by atoms with Crippen LogP contribution in [0.3, 0.4) is 0 Å². The van der Waals surface area contributed by atoms with Gasteiger partial charge in [-0.05, 0) is 47.9 Å². The molecule has 8 nitrogen and oxygen atoms in total. The first kappa shape index (κ1) is 24.4. The van der Waals surface area contributed by atoms with Gasteiger partial charge < -0.3 is 19.3 Å². The highest BCUT2D eigenvalue weighted by atomic mass is 16.3. The van der Waals surface area contributed by atoms with Crippen LogP contribution in [0.5, 0.6) is 0 Å². The van der Waals surface area contributed by atoms with Crippen LogP contribution in [-0.2, 0) is 25.8 Å². The molecule has 0 saturated heterocycles. The molecule has 0 aliphatic rings. The van der Waals surface area contributed by atoms with Crippen LogP contribution >= 0.6 is 0 Å². The van der Waals surface area contributed by atoms with E-state index in [2.05, 4.69) is 48.2 Å². The van der Waals surface area contributed by atoms with Gasteiger partial charge in [-0.25, -0.2) is 0 Å². The average molecular weight is 517 g/mol.